The Hall–Kier alpha value is -3.28. The van der Waals surface area contributed by atoms with Crippen molar-refractivity contribution in [2.24, 2.45) is 4.99 Å². The Morgan fingerprint density at radius 1 is 1.07 bits per heavy atom. The maximum absolute atomic E-state index is 5.27. The van der Waals surface area contributed by atoms with Crippen LogP contribution in [0.2, 0.25) is 0 Å². The predicted molar refractivity (Wildman–Crippen MR) is 113 cm³/mol. The van der Waals surface area contributed by atoms with Gasteiger partial charge in [-0.25, -0.2) is 9.67 Å². The molecule has 0 aliphatic rings. The van der Waals surface area contributed by atoms with E-state index < -0.39 is 0 Å². The van der Waals surface area contributed by atoms with Gasteiger partial charge in [0.2, 0.25) is 0 Å². The second-order valence-corrected chi connectivity index (χ2v) is 6.35. The first-order chi connectivity index (χ1) is 13.8. The van der Waals surface area contributed by atoms with E-state index in [1.165, 1.54) is 5.56 Å². The number of rotatable bonds is 8. The topological polar surface area (TPSA) is 63.5 Å². The molecule has 0 saturated heterocycles. The minimum absolute atomic E-state index is 0.596. The second kappa shape index (κ2) is 10.2. The maximum Gasteiger partial charge on any atom is 0.191 e. The van der Waals surface area contributed by atoms with Gasteiger partial charge in [-0.05, 0) is 48.7 Å². The Bertz CT molecular complexity index is 889. The Balaban J connectivity index is 1.54. The SMILES string of the molecule is CCNC(=NCc1cccc(OC)c1)NCCc1cnn(-c2ccccc2)c1. The molecule has 0 amide bonds. The Morgan fingerprint density at radius 2 is 1.93 bits per heavy atom. The van der Waals surface area contributed by atoms with E-state index in [0.717, 1.165) is 42.5 Å². The summed E-state index contributed by atoms with van der Waals surface area (Å²) < 4.78 is 7.17. The van der Waals surface area contributed by atoms with Gasteiger partial charge in [0.1, 0.15) is 5.75 Å². The number of nitrogens with zero attached hydrogens (tertiary/aromatic N) is 3. The summed E-state index contributed by atoms with van der Waals surface area (Å²) in [5.41, 5.74) is 3.36. The van der Waals surface area contributed by atoms with Crippen LogP contribution >= 0.6 is 0 Å². The van der Waals surface area contributed by atoms with Crippen LogP contribution in [0.25, 0.3) is 5.69 Å². The quantitative estimate of drug-likeness (QED) is 0.467. The van der Waals surface area contributed by atoms with Crippen LogP contribution in [0.3, 0.4) is 0 Å². The molecule has 0 radical (unpaired) electrons. The van der Waals surface area contributed by atoms with Crippen LogP contribution in [0.1, 0.15) is 18.1 Å². The van der Waals surface area contributed by atoms with Crippen molar-refractivity contribution in [3.8, 4) is 11.4 Å². The van der Waals surface area contributed by atoms with Crippen molar-refractivity contribution >= 4 is 5.96 Å². The smallest absolute Gasteiger partial charge is 0.191 e. The highest BCUT2D eigenvalue weighted by molar-refractivity contribution is 5.79. The number of para-hydroxylation sites is 1. The second-order valence-electron chi connectivity index (χ2n) is 6.35. The van der Waals surface area contributed by atoms with Gasteiger partial charge < -0.3 is 15.4 Å². The van der Waals surface area contributed by atoms with Crippen molar-refractivity contribution in [2.45, 2.75) is 19.9 Å². The third-order valence-electron chi connectivity index (χ3n) is 4.26. The van der Waals surface area contributed by atoms with Crippen LogP contribution in [0.4, 0.5) is 0 Å². The van der Waals surface area contributed by atoms with E-state index in [-0.39, 0.29) is 0 Å². The molecule has 1 aromatic heterocycles. The van der Waals surface area contributed by atoms with E-state index >= 15 is 0 Å². The van der Waals surface area contributed by atoms with Gasteiger partial charge in [0.15, 0.2) is 5.96 Å². The molecule has 0 aliphatic carbocycles. The van der Waals surface area contributed by atoms with Gasteiger partial charge in [0.05, 0.1) is 25.5 Å². The van der Waals surface area contributed by atoms with Gasteiger partial charge in [0, 0.05) is 19.3 Å². The molecule has 0 aliphatic heterocycles. The number of ether oxygens (including phenoxy) is 1. The monoisotopic (exact) mass is 377 g/mol. The molecule has 0 spiro atoms. The molecule has 0 bridgehead atoms. The summed E-state index contributed by atoms with van der Waals surface area (Å²) >= 11 is 0. The third-order valence-corrected chi connectivity index (χ3v) is 4.26. The summed E-state index contributed by atoms with van der Waals surface area (Å²) in [6, 6.07) is 18.1. The molecule has 28 heavy (non-hydrogen) atoms. The van der Waals surface area contributed by atoms with Crippen LogP contribution in [-0.2, 0) is 13.0 Å². The van der Waals surface area contributed by atoms with E-state index in [1.807, 2.05) is 65.5 Å². The third kappa shape index (κ3) is 5.61. The molecular formula is C22H27N5O. The van der Waals surface area contributed by atoms with E-state index in [0.29, 0.717) is 6.54 Å². The van der Waals surface area contributed by atoms with Gasteiger partial charge in [-0.3, -0.25) is 0 Å². The summed E-state index contributed by atoms with van der Waals surface area (Å²) in [6.07, 6.45) is 4.85. The fourth-order valence-corrected chi connectivity index (χ4v) is 2.82. The first kappa shape index (κ1) is 19.5. The molecule has 6 nitrogen and oxygen atoms in total. The zero-order valence-electron chi connectivity index (χ0n) is 16.4. The Morgan fingerprint density at radius 3 is 2.71 bits per heavy atom. The lowest BCUT2D eigenvalue weighted by Crippen LogP contribution is -2.38. The number of guanidine groups is 1. The zero-order valence-corrected chi connectivity index (χ0v) is 16.4. The van der Waals surface area contributed by atoms with E-state index in [4.69, 9.17) is 4.74 Å². The van der Waals surface area contributed by atoms with Crippen molar-refractivity contribution < 1.29 is 4.74 Å². The lowest BCUT2D eigenvalue weighted by molar-refractivity contribution is 0.414. The van der Waals surface area contributed by atoms with Crippen LogP contribution < -0.4 is 15.4 Å². The largest absolute Gasteiger partial charge is 0.497 e. The van der Waals surface area contributed by atoms with Crippen LogP contribution in [0, 0.1) is 0 Å². The fourth-order valence-electron chi connectivity index (χ4n) is 2.82. The van der Waals surface area contributed by atoms with E-state index in [1.54, 1.807) is 7.11 Å². The van der Waals surface area contributed by atoms with E-state index in [9.17, 15) is 0 Å². The van der Waals surface area contributed by atoms with Crippen molar-refractivity contribution in [1.82, 2.24) is 20.4 Å². The highest BCUT2D eigenvalue weighted by Gasteiger charge is 2.03. The van der Waals surface area contributed by atoms with Crippen molar-refractivity contribution in [1.29, 1.82) is 0 Å². The Kier molecular flexibility index (Phi) is 7.07. The van der Waals surface area contributed by atoms with Gasteiger partial charge >= 0.3 is 0 Å². The molecule has 0 atom stereocenters. The number of aliphatic imine (C=N–C) groups is 1. The maximum atomic E-state index is 5.27. The average molecular weight is 377 g/mol. The predicted octanol–water partition coefficient (Wildman–Crippen LogP) is 3.18. The van der Waals surface area contributed by atoms with Gasteiger partial charge in [-0.1, -0.05) is 30.3 Å². The average Bonchev–Trinajstić information content (AvgIpc) is 3.22. The zero-order chi connectivity index (χ0) is 19.6. The first-order valence-corrected chi connectivity index (χ1v) is 9.52. The Labute approximate surface area is 166 Å². The molecule has 2 aromatic carbocycles. The molecule has 6 heteroatoms. The van der Waals surface area contributed by atoms with Crippen molar-refractivity contribution in [3.63, 3.8) is 0 Å². The van der Waals surface area contributed by atoms with Crippen LogP contribution in [0.15, 0.2) is 72.0 Å². The molecule has 0 unspecified atom stereocenters. The molecule has 0 fully saturated rings. The summed E-state index contributed by atoms with van der Waals surface area (Å²) in [6.45, 7) is 4.26. The summed E-state index contributed by atoms with van der Waals surface area (Å²) in [5.74, 6) is 1.65. The number of methoxy groups -OCH3 is 1. The van der Waals surface area contributed by atoms with Gasteiger partial charge in [-0.15, -0.1) is 0 Å². The molecule has 0 saturated carbocycles. The molecule has 1 heterocycles. The number of hydrogen-bond donors (Lipinski definition) is 2. The summed E-state index contributed by atoms with van der Waals surface area (Å²) in [5, 5.41) is 11.1. The number of aromatic nitrogens is 2. The van der Waals surface area contributed by atoms with Gasteiger partial charge in [-0.2, -0.15) is 5.10 Å². The normalized spacial score (nSPS) is 11.3. The van der Waals surface area contributed by atoms with Gasteiger partial charge in [0.25, 0.3) is 0 Å². The number of nitrogens with one attached hydrogen (secondary N) is 2. The molecule has 146 valence electrons. The van der Waals surface area contributed by atoms with Crippen LogP contribution in [0.5, 0.6) is 5.75 Å². The highest BCUT2D eigenvalue weighted by Crippen LogP contribution is 2.13. The standard InChI is InChI=1S/C22H27N5O/c1-3-23-22(25-15-18-8-7-11-21(14-18)28-2)24-13-12-19-16-26-27(17-19)20-9-5-4-6-10-20/h4-11,14,16-17H,3,12-13,15H2,1-2H3,(H2,23,24,25). The molecule has 3 rings (SSSR count). The molecule has 2 N–H and O–H groups in total. The number of hydrogen-bond acceptors (Lipinski definition) is 3. The summed E-state index contributed by atoms with van der Waals surface area (Å²) in [7, 11) is 1.67. The minimum atomic E-state index is 0.596. The highest BCUT2D eigenvalue weighted by atomic mass is 16.5. The first-order valence-electron chi connectivity index (χ1n) is 9.52. The molecule has 3 aromatic rings. The lowest BCUT2D eigenvalue weighted by atomic mass is 10.2. The minimum Gasteiger partial charge on any atom is -0.497 e. The number of benzene rings is 2. The summed E-state index contributed by atoms with van der Waals surface area (Å²) in [4.78, 5) is 4.66. The van der Waals surface area contributed by atoms with Crippen molar-refractivity contribution in [3.05, 3.63) is 78.1 Å². The van der Waals surface area contributed by atoms with Crippen LogP contribution in [-0.4, -0.2) is 35.9 Å². The fraction of sp³-hybridized carbons (Fsp3) is 0.273. The molecular weight excluding hydrogens is 350 g/mol. The lowest BCUT2D eigenvalue weighted by Gasteiger charge is -2.11. The van der Waals surface area contributed by atoms with Crippen molar-refractivity contribution in [2.75, 3.05) is 20.2 Å². The van der Waals surface area contributed by atoms with E-state index in [2.05, 4.69) is 33.8 Å².